The number of rotatable bonds is 7. The lowest BCUT2D eigenvalue weighted by atomic mass is 10.1. The molecular weight excluding hydrogens is 260 g/mol. The van der Waals surface area contributed by atoms with Crippen molar-refractivity contribution >= 4 is 5.69 Å². The van der Waals surface area contributed by atoms with Crippen molar-refractivity contribution in [1.29, 1.82) is 0 Å². The van der Waals surface area contributed by atoms with E-state index in [0.29, 0.717) is 6.54 Å². The Kier molecular flexibility index (Phi) is 5.64. The second kappa shape index (κ2) is 7.70. The van der Waals surface area contributed by atoms with Gasteiger partial charge in [-0.2, -0.15) is 0 Å². The highest BCUT2D eigenvalue weighted by atomic mass is 16.5. The molecule has 2 aromatic carbocycles. The number of nitrogens with zero attached hydrogens (tertiary/aromatic N) is 1. The highest BCUT2D eigenvalue weighted by Gasteiger charge is 2.07. The van der Waals surface area contributed by atoms with Gasteiger partial charge in [-0.15, -0.1) is 0 Å². The molecular formula is C18H24N2O. The zero-order valence-electron chi connectivity index (χ0n) is 12.9. The zero-order chi connectivity index (χ0) is 15.1. The van der Waals surface area contributed by atoms with Crippen molar-refractivity contribution in [1.82, 2.24) is 0 Å². The molecule has 0 heterocycles. The van der Waals surface area contributed by atoms with Crippen molar-refractivity contribution in [2.24, 2.45) is 5.73 Å². The summed E-state index contributed by atoms with van der Waals surface area (Å²) < 4.78 is 5.21. The van der Waals surface area contributed by atoms with Gasteiger partial charge in [-0.25, -0.2) is 0 Å². The summed E-state index contributed by atoms with van der Waals surface area (Å²) in [6, 6.07) is 16.8. The molecule has 0 saturated heterocycles. The van der Waals surface area contributed by atoms with Gasteiger partial charge in [0.15, 0.2) is 0 Å². The summed E-state index contributed by atoms with van der Waals surface area (Å²) in [7, 11) is 1.69. The second-order valence-electron chi connectivity index (χ2n) is 5.14. The Balaban J connectivity index is 2.13. The maximum atomic E-state index is 5.66. The third kappa shape index (κ3) is 4.23. The predicted octanol–water partition coefficient (Wildman–Crippen LogP) is 3.57. The molecule has 3 nitrogen and oxygen atoms in total. The van der Waals surface area contributed by atoms with Crippen LogP contribution in [0.3, 0.4) is 0 Å². The first-order valence-electron chi connectivity index (χ1n) is 7.43. The van der Waals surface area contributed by atoms with Crippen molar-refractivity contribution in [3.63, 3.8) is 0 Å². The fourth-order valence-electron chi connectivity index (χ4n) is 2.36. The zero-order valence-corrected chi connectivity index (χ0v) is 12.9. The van der Waals surface area contributed by atoms with Crippen LogP contribution in [0.5, 0.6) is 5.75 Å². The summed E-state index contributed by atoms with van der Waals surface area (Å²) in [6.45, 7) is 4.73. The lowest BCUT2D eigenvalue weighted by Crippen LogP contribution is -2.23. The van der Waals surface area contributed by atoms with Gasteiger partial charge in [-0.05, 0) is 41.8 Å². The monoisotopic (exact) mass is 284 g/mol. The Bertz CT molecular complexity index is 534. The van der Waals surface area contributed by atoms with Crippen LogP contribution in [0.1, 0.15) is 24.5 Å². The van der Waals surface area contributed by atoms with Crippen LogP contribution in [-0.4, -0.2) is 13.7 Å². The van der Waals surface area contributed by atoms with Gasteiger partial charge in [0.2, 0.25) is 0 Å². The molecule has 3 heteroatoms. The third-order valence-corrected chi connectivity index (χ3v) is 3.56. The minimum Gasteiger partial charge on any atom is -0.497 e. The molecule has 0 aliphatic rings. The summed E-state index contributed by atoms with van der Waals surface area (Å²) in [6.07, 6.45) is 1.12. The fourth-order valence-corrected chi connectivity index (χ4v) is 2.36. The van der Waals surface area contributed by atoms with E-state index < -0.39 is 0 Å². The van der Waals surface area contributed by atoms with E-state index in [9.17, 15) is 0 Å². The molecule has 0 aromatic heterocycles. The van der Waals surface area contributed by atoms with E-state index >= 15 is 0 Å². The number of hydrogen-bond donors (Lipinski definition) is 1. The molecule has 2 N–H and O–H groups in total. The average Bonchev–Trinajstić information content (AvgIpc) is 2.55. The van der Waals surface area contributed by atoms with Crippen LogP contribution >= 0.6 is 0 Å². The Morgan fingerprint density at radius 2 is 1.57 bits per heavy atom. The lowest BCUT2D eigenvalue weighted by molar-refractivity contribution is 0.414. The van der Waals surface area contributed by atoms with E-state index in [-0.39, 0.29) is 0 Å². The average molecular weight is 284 g/mol. The third-order valence-electron chi connectivity index (χ3n) is 3.56. The van der Waals surface area contributed by atoms with Gasteiger partial charge >= 0.3 is 0 Å². The summed E-state index contributed by atoms with van der Waals surface area (Å²) >= 11 is 0. The molecule has 21 heavy (non-hydrogen) atoms. The predicted molar refractivity (Wildman–Crippen MR) is 88.7 cm³/mol. The Labute approximate surface area is 127 Å². The Hall–Kier alpha value is -2.00. The Morgan fingerprint density at radius 1 is 0.952 bits per heavy atom. The van der Waals surface area contributed by atoms with E-state index in [0.717, 1.165) is 25.3 Å². The molecule has 2 aromatic rings. The highest BCUT2D eigenvalue weighted by molar-refractivity contribution is 5.48. The minimum absolute atomic E-state index is 0.590. The van der Waals surface area contributed by atoms with Gasteiger partial charge in [-0.1, -0.05) is 31.2 Å². The van der Waals surface area contributed by atoms with Crippen molar-refractivity contribution < 1.29 is 4.74 Å². The van der Waals surface area contributed by atoms with Crippen LogP contribution in [0, 0.1) is 0 Å². The first-order chi connectivity index (χ1) is 10.3. The van der Waals surface area contributed by atoms with Gasteiger partial charge in [0.1, 0.15) is 5.75 Å². The number of nitrogens with two attached hydrogens (primary N) is 1. The number of benzene rings is 2. The van der Waals surface area contributed by atoms with Gasteiger partial charge in [0, 0.05) is 25.3 Å². The second-order valence-corrected chi connectivity index (χ2v) is 5.14. The lowest BCUT2D eigenvalue weighted by Gasteiger charge is -2.25. The molecule has 2 rings (SSSR count). The molecule has 0 atom stereocenters. The van der Waals surface area contributed by atoms with Crippen LogP contribution < -0.4 is 15.4 Å². The smallest absolute Gasteiger partial charge is 0.118 e. The topological polar surface area (TPSA) is 38.5 Å². The first-order valence-corrected chi connectivity index (χ1v) is 7.43. The highest BCUT2D eigenvalue weighted by Crippen LogP contribution is 2.20. The first kappa shape index (κ1) is 15.4. The van der Waals surface area contributed by atoms with E-state index in [4.69, 9.17) is 10.5 Å². The maximum Gasteiger partial charge on any atom is 0.118 e. The Morgan fingerprint density at radius 3 is 2.10 bits per heavy atom. The molecule has 0 fully saturated rings. The molecule has 0 unspecified atom stereocenters. The standard InChI is InChI=1S/C18H24N2O/c1-3-12-20(17-8-4-15(13-19)5-9-17)14-16-6-10-18(21-2)11-7-16/h4-11H,3,12-14,19H2,1-2H3. The molecule has 0 radical (unpaired) electrons. The molecule has 0 spiro atoms. The van der Waals surface area contributed by atoms with Crippen molar-refractivity contribution in [2.45, 2.75) is 26.4 Å². The van der Waals surface area contributed by atoms with Gasteiger partial charge in [0.25, 0.3) is 0 Å². The van der Waals surface area contributed by atoms with E-state index in [1.165, 1.54) is 16.8 Å². The van der Waals surface area contributed by atoms with Crippen molar-refractivity contribution in [3.05, 3.63) is 59.7 Å². The maximum absolute atomic E-state index is 5.66. The molecule has 0 aliphatic heterocycles. The van der Waals surface area contributed by atoms with Crippen LogP contribution in [-0.2, 0) is 13.1 Å². The van der Waals surface area contributed by atoms with Crippen molar-refractivity contribution in [2.75, 3.05) is 18.6 Å². The van der Waals surface area contributed by atoms with Gasteiger partial charge in [0.05, 0.1) is 7.11 Å². The SMILES string of the molecule is CCCN(Cc1ccc(OC)cc1)c1ccc(CN)cc1. The minimum atomic E-state index is 0.590. The largest absolute Gasteiger partial charge is 0.497 e. The molecule has 0 saturated carbocycles. The molecule has 0 aliphatic carbocycles. The molecule has 0 bridgehead atoms. The number of methoxy groups -OCH3 is 1. The van der Waals surface area contributed by atoms with Crippen LogP contribution in [0.25, 0.3) is 0 Å². The van der Waals surface area contributed by atoms with E-state index in [1.807, 2.05) is 12.1 Å². The normalized spacial score (nSPS) is 10.4. The molecule has 112 valence electrons. The summed E-state index contributed by atoms with van der Waals surface area (Å²) in [5.74, 6) is 0.896. The number of ether oxygens (including phenoxy) is 1. The summed E-state index contributed by atoms with van der Waals surface area (Å²) in [5, 5.41) is 0. The van der Waals surface area contributed by atoms with E-state index in [1.54, 1.807) is 7.11 Å². The van der Waals surface area contributed by atoms with Crippen molar-refractivity contribution in [3.8, 4) is 5.75 Å². The summed E-state index contributed by atoms with van der Waals surface area (Å²) in [4.78, 5) is 2.39. The number of hydrogen-bond acceptors (Lipinski definition) is 3. The number of anilines is 1. The quantitative estimate of drug-likeness (QED) is 0.844. The molecule has 0 amide bonds. The van der Waals surface area contributed by atoms with Gasteiger partial charge in [-0.3, -0.25) is 0 Å². The van der Waals surface area contributed by atoms with Crippen LogP contribution in [0.2, 0.25) is 0 Å². The van der Waals surface area contributed by atoms with Crippen LogP contribution in [0.15, 0.2) is 48.5 Å². The summed E-state index contributed by atoms with van der Waals surface area (Å²) in [5.41, 5.74) is 9.35. The van der Waals surface area contributed by atoms with Crippen LogP contribution in [0.4, 0.5) is 5.69 Å². The van der Waals surface area contributed by atoms with E-state index in [2.05, 4.69) is 48.2 Å². The fraction of sp³-hybridized carbons (Fsp3) is 0.333. The van der Waals surface area contributed by atoms with Gasteiger partial charge < -0.3 is 15.4 Å².